The Labute approximate surface area is 114 Å². The second-order valence-electron chi connectivity index (χ2n) is 4.83. The first kappa shape index (κ1) is 13.4. The van der Waals surface area contributed by atoms with Gasteiger partial charge in [0.15, 0.2) is 0 Å². The summed E-state index contributed by atoms with van der Waals surface area (Å²) in [5.74, 6) is 2.20. The molecule has 3 heteroatoms. The van der Waals surface area contributed by atoms with E-state index in [0.717, 1.165) is 18.1 Å². The van der Waals surface area contributed by atoms with Crippen molar-refractivity contribution in [3.8, 4) is 5.75 Å². The maximum Gasteiger partial charge on any atom is 0.137 e. The van der Waals surface area contributed by atoms with Crippen molar-refractivity contribution in [3.05, 3.63) is 53.7 Å². The number of rotatable bonds is 5. The lowest BCUT2D eigenvalue weighted by atomic mass is 10.0. The summed E-state index contributed by atoms with van der Waals surface area (Å²) in [6.07, 6.45) is 1.71. The van der Waals surface area contributed by atoms with Gasteiger partial charge in [0.1, 0.15) is 11.6 Å². The summed E-state index contributed by atoms with van der Waals surface area (Å²) in [7, 11) is 1.64. The lowest BCUT2D eigenvalue weighted by Crippen LogP contribution is -2.01. The SMILES string of the molecule is COc1ccc(NCc2ccc(C(C)C)cc2)nc1. The summed E-state index contributed by atoms with van der Waals surface area (Å²) in [5.41, 5.74) is 2.62. The Morgan fingerprint density at radius 1 is 1.11 bits per heavy atom. The Balaban J connectivity index is 1.94. The predicted molar refractivity (Wildman–Crippen MR) is 78.6 cm³/mol. The van der Waals surface area contributed by atoms with Gasteiger partial charge in [-0.25, -0.2) is 4.98 Å². The minimum atomic E-state index is 0.574. The van der Waals surface area contributed by atoms with Gasteiger partial charge in [0.2, 0.25) is 0 Å². The number of nitrogens with zero attached hydrogens (tertiary/aromatic N) is 1. The molecule has 0 atom stereocenters. The first-order chi connectivity index (χ1) is 9.19. The molecule has 19 heavy (non-hydrogen) atoms. The van der Waals surface area contributed by atoms with Crippen LogP contribution in [0.4, 0.5) is 5.82 Å². The Hall–Kier alpha value is -2.03. The number of hydrogen-bond acceptors (Lipinski definition) is 3. The highest BCUT2D eigenvalue weighted by Gasteiger charge is 2.00. The lowest BCUT2D eigenvalue weighted by molar-refractivity contribution is 0.413. The van der Waals surface area contributed by atoms with Gasteiger partial charge in [0.25, 0.3) is 0 Å². The van der Waals surface area contributed by atoms with Gasteiger partial charge in [0, 0.05) is 6.54 Å². The van der Waals surface area contributed by atoms with Crippen molar-refractivity contribution < 1.29 is 4.74 Å². The summed E-state index contributed by atoms with van der Waals surface area (Å²) < 4.78 is 5.08. The molecular formula is C16H20N2O. The molecule has 0 aliphatic carbocycles. The van der Waals surface area contributed by atoms with Gasteiger partial charge in [-0.3, -0.25) is 0 Å². The number of nitrogens with one attached hydrogen (secondary N) is 1. The second kappa shape index (κ2) is 6.23. The average Bonchev–Trinajstić information content (AvgIpc) is 2.46. The molecule has 2 aromatic rings. The fourth-order valence-corrected chi connectivity index (χ4v) is 1.82. The van der Waals surface area contributed by atoms with Crippen LogP contribution in [0.15, 0.2) is 42.6 Å². The van der Waals surface area contributed by atoms with Crippen LogP contribution in [0.5, 0.6) is 5.75 Å². The summed E-state index contributed by atoms with van der Waals surface area (Å²) in [4.78, 5) is 4.27. The highest BCUT2D eigenvalue weighted by Crippen LogP contribution is 2.16. The molecule has 1 N–H and O–H groups in total. The van der Waals surface area contributed by atoms with E-state index in [-0.39, 0.29) is 0 Å². The molecule has 0 spiro atoms. The molecule has 1 aromatic carbocycles. The van der Waals surface area contributed by atoms with Crippen LogP contribution in [-0.4, -0.2) is 12.1 Å². The number of aromatic nitrogens is 1. The highest BCUT2D eigenvalue weighted by atomic mass is 16.5. The second-order valence-corrected chi connectivity index (χ2v) is 4.83. The van der Waals surface area contributed by atoms with Crippen molar-refractivity contribution in [2.24, 2.45) is 0 Å². The third kappa shape index (κ3) is 3.71. The van der Waals surface area contributed by atoms with Gasteiger partial charge < -0.3 is 10.1 Å². The van der Waals surface area contributed by atoms with Gasteiger partial charge in [-0.05, 0) is 29.2 Å². The molecule has 0 fully saturated rings. The smallest absolute Gasteiger partial charge is 0.137 e. The van der Waals surface area contributed by atoms with E-state index in [0.29, 0.717) is 5.92 Å². The zero-order valence-electron chi connectivity index (χ0n) is 11.7. The first-order valence-electron chi connectivity index (χ1n) is 6.52. The molecule has 0 amide bonds. The van der Waals surface area contributed by atoms with E-state index in [2.05, 4.69) is 48.4 Å². The van der Waals surface area contributed by atoms with Crippen molar-refractivity contribution in [2.45, 2.75) is 26.3 Å². The van der Waals surface area contributed by atoms with Crippen molar-refractivity contribution in [3.63, 3.8) is 0 Å². The van der Waals surface area contributed by atoms with Crippen molar-refractivity contribution in [2.75, 3.05) is 12.4 Å². The molecule has 0 aliphatic heterocycles. The first-order valence-corrected chi connectivity index (χ1v) is 6.52. The fourth-order valence-electron chi connectivity index (χ4n) is 1.82. The molecule has 100 valence electrons. The maximum atomic E-state index is 5.08. The molecule has 0 saturated heterocycles. The van der Waals surface area contributed by atoms with Gasteiger partial charge >= 0.3 is 0 Å². The van der Waals surface area contributed by atoms with Gasteiger partial charge in [-0.15, -0.1) is 0 Å². The standard InChI is InChI=1S/C16H20N2O/c1-12(2)14-6-4-13(5-7-14)10-17-16-9-8-15(19-3)11-18-16/h4-9,11-12H,10H2,1-3H3,(H,17,18). The number of hydrogen-bond donors (Lipinski definition) is 1. The van der Waals surface area contributed by atoms with Gasteiger partial charge in [0.05, 0.1) is 13.3 Å². The van der Waals surface area contributed by atoms with Crippen LogP contribution in [0.3, 0.4) is 0 Å². The van der Waals surface area contributed by atoms with E-state index in [4.69, 9.17) is 4.74 Å². The van der Waals surface area contributed by atoms with E-state index in [1.165, 1.54) is 11.1 Å². The van der Waals surface area contributed by atoms with Crippen LogP contribution >= 0.6 is 0 Å². The van der Waals surface area contributed by atoms with Crippen LogP contribution in [0, 0.1) is 0 Å². The third-order valence-corrected chi connectivity index (χ3v) is 3.09. The van der Waals surface area contributed by atoms with E-state index < -0.39 is 0 Å². The van der Waals surface area contributed by atoms with E-state index in [1.54, 1.807) is 13.3 Å². The number of methoxy groups -OCH3 is 1. The Morgan fingerprint density at radius 3 is 2.37 bits per heavy atom. The Morgan fingerprint density at radius 2 is 1.84 bits per heavy atom. The molecule has 3 nitrogen and oxygen atoms in total. The normalized spacial score (nSPS) is 10.5. The molecule has 0 saturated carbocycles. The van der Waals surface area contributed by atoms with Gasteiger partial charge in [-0.2, -0.15) is 0 Å². The topological polar surface area (TPSA) is 34.1 Å². The Kier molecular flexibility index (Phi) is 4.39. The number of benzene rings is 1. The molecule has 0 bridgehead atoms. The molecule has 1 heterocycles. The van der Waals surface area contributed by atoms with Crippen LogP contribution in [0.25, 0.3) is 0 Å². The zero-order valence-corrected chi connectivity index (χ0v) is 11.7. The van der Waals surface area contributed by atoms with Crippen LogP contribution in [0.1, 0.15) is 30.9 Å². The summed E-state index contributed by atoms with van der Waals surface area (Å²) in [6.45, 7) is 5.18. The molecule has 2 rings (SSSR count). The molecule has 0 radical (unpaired) electrons. The number of ether oxygens (including phenoxy) is 1. The summed E-state index contributed by atoms with van der Waals surface area (Å²) >= 11 is 0. The minimum absolute atomic E-state index is 0.574. The average molecular weight is 256 g/mol. The Bertz CT molecular complexity index is 503. The van der Waals surface area contributed by atoms with Crippen LogP contribution in [-0.2, 0) is 6.54 Å². The zero-order chi connectivity index (χ0) is 13.7. The van der Waals surface area contributed by atoms with Crippen molar-refractivity contribution in [1.82, 2.24) is 4.98 Å². The fraction of sp³-hybridized carbons (Fsp3) is 0.312. The summed E-state index contributed by atoms with van der Waals surface area (Å²) in [5, 5.41) is 3.29. The van der Waals surface area contributed by atoms with Crippen molar-refractivity contribution >= 4 is 5.82 Å². The van der Waals surface area contributed by atoms with Crippen LogP contribution < -0.4 is 10.1 Å². The molecule has 1 aromatic heterocycles. The van der Waals surface area contributed by atoms with E-state index in [1.807, 2.05) is 12.1 Å². The van der Waals surface area contributed by atoms with E-state index >= 15 is 0 Å². The number of anilines is 1. The number of pyridine rings is 1. The van der Waals surface area contributed by atoms with Gasteiger partial charge in [-0.1, -0.05) is 38.1 Å². The van der Waals surface area contributed by atoms with Crippen molar-refractivity contribution in [1.29, 1.82) is 0 Å². The third-order valence-electron chi connectivity index (χ3n) is 3.09. The van der Waals surface area contributed by atoms with Crippen LogP contribution in [0.2, 0.25) is 0 Å². The molecule has 0 unspecified atom stereocenters. The quantitative estimate of drug-likeness (QED) is 0.883. The maximum absolute atomic E-state index is 5.08. The monoisotopic (exact) mass is 256 g/mol. The predicted octanol–water partition coefficient (Wildman–Crippen LogP) is 3.83. The lowest BCUT2D eigenvalue weighted by Gasteiger charge is -2.09. The minimum Gasteiger partial charge on any atom is -0.495 e. The summed E-state index contributed by atoms with van der Waals surface area (Å²) in [6, 6.07) is 12.5. The highest BCUT2D eigenvalue weighted by molar-refractivity contribution is 5.38. The molecular weight excluding hydrogens is 236 g/mol. The largest absolute Gasteiger partial charge is 0.495 e. The molecule has 0 aliphatic rings. The van der Waals surface area contributed by atoms with E-state index in [9.17, 15) is 0 Å².